The van der Waals surface area contributed by atoms with E-state index in [1.165, 1.54) is 12.8 Å². The van der Waals surface area contributed by atoms with E-state index in [0.717, 1.165) is 41.6 Å². The van der Waals surface area contributed by atoms with E-state index < -0.39 is 0 Å². The van der Waals surface area contributed by atoms with Gasteiger partial charge in [-0.05, 0) is 19.3 Å². The summed E-state index contributed by atoms with van der Waals surface area (Å²) in [6, 6.07) is 0. The molecule has 3 rings (SSSR count). The molecule has 0 spiro atoms. The molecule has 0 radical (unpaired) electrons. The second kappa shape index (κ2) is 6.09. The highest BCUT2D eigenvalue weighted by atomic mass is 32.1. The second-order valence-corrected chi connectivity index (χ2v) is 5.67. The lowest BCUT2D eigenvalue weighted by Crippen LogP contribution is -2.20. The number of carbonyl (C=O) groups excluding carboxylic acids is 1. The number of thiazole rings is 1. The number of hydrogen-bond donors (Lipinski definition) is 0. The van der Waals surface area contributed by atoms with Crippen LogP contribution < -0.4 is 4.90 Å². The first-order valence-corrected chi connectivity index (χ1v) is 7.70. The first-order chi connectivity index (χ1) is 9.86. The van der Waals surface area contributed by atoms with E-state index in [9.17, 15) is 4.79 Å². The van der Waals surface area contributed by atoms with E-state index in [1.807, 2.05) is 17.8 Å². The number of anilines is 1. The highest BCUT2D eigenvalue weighted by Crippen LogP contribution is 2.24. The van der Waals surface area contributed by atoms with Gasteiger partial charge in [-0.25, -0.2) is 15.0 Å². The molecular weight excluding hydrogens is 272 g/mol. The van der Waals surface area contributed by atoms with E-state index in [0.29, 0.717) is 12.8 Å². The summed E-state index contributed by atoms with van der Waals surface area (Å²) >= 11 is 1.57. The van der Waals surface area contributed by atoms with Gasteiger partial charge in [0.05, 0.1) is 5.69 Å². The van der Waals surface area contributed by atoms with Gasteiger partial charge in [0.2, 0.25) is 5.95 Å². The van der Waals surface area contributed by atoms with Crippen LogP contribution in [0, 0.1) is 0 Å². The number of hydrogen-bond acceptors (Lipinski definition) is 6. The molecule has 2 aromatic heterocycles. The van der Waals surface area contributed by atoms with Crippen LogP contribution in [0.25, 0.3) is 10.6 Å². The van der Waals surface area contributed by atoms with Gasteiger partial charge in [-0.1, -0.05) is 0 Å². The van der Waals surface area contributed by atoms with E-state index in [-0.39, 0.29) is 0 Å². The molecule has 0 atom stereocenters. The van der Waals surface area contributed by atoms with Gasteiger partial charge in [0, 0.05) is 42.8 Å². The van der Waals surface area contributed by atoms with Crippen molar-refractivity contribution in [2.75, 3.05) is 18.0 Å². The number of nitrogens with zero attached hydrogens (tertiary/aromatic N) is 4. The fourth-order valence-corrected chi connectivity index (χ4v) is 3.10. The van der Waals surface area contributed by atoms with Crippen LogP contribution in [0.15, 0.2) is 17.8 Å². The molecule has 1 aliphatic heterocycles. The van der Waals surface area contributed by atoms with E-state index >= 15 is 0 Å². The third-order valence-electron chi connectivity index (χ3n) is 3.34. The SMILES string of the molecule is O=CCCc1csc(-c2cnc(N3CCCC3)nc2)n1. The van der Waals surface area contributed by atoms with Crippen LogP contribution in [0.1, 0.15) is 25.0 Å². The minimum Gasteiger partial charge on any atom is -0.341 e. The standard InChI is InChI=1S/C14H16N4OS/c19-7-3-4-12-10-20-13(17-12)11-8-15-14(16-9-11)18-5-1-2-6-18/h7-10H,1-6H2. The van der Waals surface area contributed by atoms with E-state index in [4.69, 9.17) is 0 Å². The Morgan fingerprint density at radius 2 is 2.00 bits per heavy atom. The summed E-state index contributed by atoms with van der Waals surface area (Å²) in [5.41, 5.74) is 1.90. The quantitative estimate of drug-likeness (QED) is 0.790. The first-order valence-electron chi connectivity index (χ1n) is 6.82. The molecule has 20 heavy (non-hydrogen) atoms. The van der Waals surface area contributed by atoms with Crippen LogP contribution >= 0.6 is 11.3 Å². The van der Waals surface area contributed by atoms with Crippen molar-refractivity contribution in [3.8, 4) is 10.6 Å². The molecule has 3 heterocycles. The minimum atomic E-state index is 0.521. The third kappa shape index (κ3) is 2.85. The molecular formula is C14H16N4OS. The monoisotopic (exact) mass is 288 g/mol. The summed E-state index contributed by atoms with van der Waals surface area (Å²) in [7, 11) is 0. The van der Waals surface area contributed by atoms with Gasteiger partial charge in [-0.2, -0.15) is 0 Å². The summed E-state index contributed by atoms with van der Waals surface area (Å²) in [6.07, 6.45) is 8.26. The molecule has 104 valence electrons. The highest BCUT2D eigenvalue weighted by Gasteiger charge is 2.15. The summed E-state index contributed by atoms with van der Waals surface area (Å²) in [6.45, 7) is 2.10. The van der Waals surface area contributed by atoms with E-state index in [2.05, 4.69) is 19.9 Å². The van der Waals surface area contributed by atoms with Gasteiger partial charge in [0.1, 0.15) is 11.3 Å². The number of aryl methyl sites for hydroxylation is 1. The Balaban J connectivity index is 1.73. The summed E-state index contributed by atoms with van der Waals surface area (Å²) < 4.78 is 0. The molecule has 0 amide bonds. The van der Waals surface area contributed by atoms with Crippen molar-refractivity contribution >= 4 is 23.6 Å². The molecule has 0 aromatic carbocycles. The zero-order valence-electron chi connectivity index (χ0n) is 11.2. The van der Waals surface area contributed by atoms with Crippen LogP contribution in [0.3, 0.4) is 0 Å². The van der Waals surface area contributed by atoms with Crippen molar-refractivity contribution < 1.29 is 4.79 Å². The van der Waals surface area contributed by atoms with Crippen LogP contribution in [-0.2, 0) is 11.2 Å². The van der Waals surface area contributed by atoms with Crippen molar-refractivity contribution in [3.63, 3.8) is 0 Å². The minimum absolute atomic E-state index is 0.521. The normalized spacial score (nSPS) is 14.7. The molecule has 0 bridgehead atoms. The Kier molecular flexibility index (Phi) is 4.01. The number of aldehydes is 1. The second-order valence-electron chi connectivity index (χ2n) is 4.82. The van der Waals surface area contributed by atoms with Crippen molar-refractivity contribution in [1.29, 1.82) is 0 Å². The zero-order chi connectivity index (χ0) is 13.8. The maximum atomic E-state index is 10.4. The Morgan fingerprint density at radius 3 is 2.70 bits per heavy atom. The molecule has 1 aliphatic rings. The van der Waals surface area contributed by atoms with Crippen LogP contribution in [0.4, 0.5) is 5.95 Å². The van der Waals surface area contributed by atoms with Gasteiger partial charge in [0.15, 0.2) is 0 Å². The average Bonchev–Trinajstić information content (AvgIpc) is 3.17. The van der Waals surface area contributed by atoms with Gasteiger partial charge >= 0.3 is 0 Å². The molecule has 2 aromatic rings. The Hall–Kier alpha value is -1.82. The smallest absolute Gasteiger partial charge is 0.225 e. The lowest BCUT2D eigenvalue weighted by Gasteiger charge is -2.14. The topological polar surface area (TPSA) is 59.0 Å². The fourth-order valence-electron chi connectivity index (χ4n) is 2.27. The highest BCUT2D eigenvalue weighted by molar-refractivity contribution is 7.13. The predicted octanol–water partition coefficient (Wildman–Crippen LogP) is 2.33. The van der Waals surface area contributed by atoms with Crippen LogP contribution in [-0.4, -0.2) is 34.3 Å². The number of aromatic nitrogens is 3. The van der Waals surface area contributed by atoms with Gasteiger partial charge < -0.3 is 9.69 Å². The largest absolute Gasteiger partial charge is 0.341 e. The summed E-state index contributed by atoms with van der Waals surface area (Å²) in [5, 5.41) is 2.91. The lowest BCUT2D eigenvalue weighted by atomic mass is 10.3. The Bertz CT molecular complexity index is 575. The average molecular weight is 288 g/mol. The fraction of sp³-hybridized carbons (Fsp3) is 0.429. The molecule has 0 unspecified atom stereocenters. The Labute approximate surface area is 121 Å². The molecule has 0 saturated carbocycles. The van der Waals surface area contributed by atoms with Crippen LogP contribution in [0.5, 0.6) is 0 Å². The van der Waals surface area contributed by atoms with Crippen molar-refractivity contribution in [2.45, 2.75) is 25.7 Å². The molecule has 0 aliphatic carbocycles. The first kappa shape index (κ1) is 13.2. The van der Waals surface area contributed by atoms with Crippen molar-refractivity contribution in [1.82, 2.24) is 15.0 Å². The maximum absolute atomic E-state index is 10.4. The summed E-state index contributed by atoms with van der Waals surface area (Å²) in [5.74, 6) is 0.809. The number of carbonyl (C=O) groups is 1. The molecule has 1 fully saturated rings. The molecule has 1 saturated heterocycles. The zero-order valence-corrected chi connectivity index (χ0v) is 12.0. The lowest BCUT2D eigenvalue weighted by molar-refractivity contribution is -0.107. The molecule has 0 N–H and O–H groups in total. The van der Waals surface area contributed by atoms with Gasteiger partial charge in [-0.15, -0.1) is 11.3 Å². The molecule has 5 nitrogen and oxygen atoms in total. The van der Waals surface area contributed by atoms with Gasteiger partial charge in [0.25, 0.3) is 0 Å². The Morgan fingerprint density at radius 1 is 1.25 bits per heavy atom. The third-order valence-corrected chi connectivity index (χ3v) is 4.28. The molecule has 6 heteroatoms. The predicted molar refractivity (Wildman–Crippen MR) is 79.0 cm³/mol. The maximum Gasteiger partial charge on any atom is 0.225 e. The van der Waals surface area contributed by atoms with Gasteiger partial charge in [-0.3, -0.25) is 0 Å². The van der Waals surface area contributed by atoms with Crippen molar-refractivity contribution in [2.24, 2.45) is 0 Å². The summed E-state index contributed by atoms with van der Waals surface area (Å²) in [4.78, 5) is 26.0. The van der Waals surface area contributed by atoms with E-state index in [1.54, 1.807) is 11.3 Å². The van der Waals surface area contributed by atoms with Crippen molar-refractivity contribution in [3.05, 3.63) is 23.5 Å². The van der Waals surface area contributed by atoms with Crippen LogP contribution in [0.2, 0.25) is 0 Å². The number of rotatable bonds is 5.